The second-order valence-corrected chi connectivity index (χ2v) is 9.50. The Balaban J connectivity index is 1.93. The van der Waals surface area contributed by atoms with Gasteiger partial charge in [-0.3, -0.25) is 0 Å². The summed E-state index contributed by atoms with van der Waals surface area (Å²) in [7, 11) is 0.855. The molecule has 1 aliphatic carbocycles. The summed E-state index contributed by atoms with van der Waals surface area (Å²) in [4.78, 5) is 2.72. The first-order chi connectivity index (χ1) is 12.5. The SMILES string of the molecule is CCC12C=CC1(CC)N1C=C([Si]C)C(CC(C)C)=CC1c1ccccc12. The van der Waals surface area contributed by atoms with E-state index in [0.29, 0.717) is 12.0 Å². The number of nitrogens with zero attached hydrogens (tertiary/aromatic N) is 1. The Morgan fingerprint density at radius 2 is 1.88 bits per heavy atom. The van der Waals surface area contributed by atoms with Crippen LogP contribution in [0.5, 0.6) is 0 Å². The van der Waals surface area contributed by atoms with Crippen LogP contribution < -0.4 is 0 Å². The van der Waals surface area contributed by atoms with Crippen molar-refractivity contribution in [3.8, 4) is 0 Å². The predicted octanol–water partition coefficient (Wildman–Crippen LogP) is 5.99. The van der Waals surface area contributed by atoms with Crippen LogP contribution in [0.1, 0.15) is 64.1 Å². The Morgan fingerprint density at radius 1 is 1.12 bits per heavy atom. The number of benzene rings is 1. The molecule has 1 aromatic rings. The van der Waals surface area contributed by atoms with Crippen LogP contribution in [0.3, 0.4) is 0 Å². The number of allylic oxidation sites excluding steroid dienone is 2. The largest absolute Gasteiger partial charge is 0.357 e. The number of fused-ring (bicyclic) bond motifs is 6. The molecule has 26 heavy (non-hydrogen) atoms. The van der Waals surface area contributed by atoms with Crippen molar-refractivity contribution in [1.82, 2.24) is 4.90 Å². The molecule has 0 N–H and O–H groups in total. The van der Waals surface area contributed by atoms with Crippen molar-refractivity contribution in [2.45, 2.75) is 70.5 Å². The standard InChI is InChI=1S/C24H31NSi/c1-6-23-12-13-24(23,7-2)25-16-22(26-5)18(14-17(3)4)15-21(25)19-10-8-9-11-20(19)23/h8-13,15-17,21H,6-7,14H2,1-5H3. The summed E-state index contributed by atoms with van der Waals surface area (Å²) in [6.07, 6.45) is 13.6. The van der Waals surface area contributed by atoms with Crippen molar-refractivity contribution >= 4 is 9.52 Å². The van der Waals surface area contributed by atoms with E-state index < -0.39 is 0 Å². The number of hydrogen-bond donors (Lipinski definition) is 0. The third-order valence-electron chi connectivity index (χ3n) is 6.90. The van der Waals surface area contributed by atoms with Gasteiger partial charge in [0.1, 0.15) is 0 Å². The molecule has 0 bridgehead atoms. The highest BCUT2D eigenvalue weighted by Crippen LogP contribution is 2.61. The summed E-state index contributed by atoms with van der Waals surface area (Å²) in [5.74, 6) is 0.699. The minimum absolute atomic E-state index is 0.130. The molecule has 1 nitrogen and oxygen atoms in total. The van der Waals surface area contributed by atoms with Crippen molar-refractivity contribution in [2.24, 2.45) is 5.92 Å². The lowest BCUT2D eigenvalue weighted by atomic mass is 9.51. The first-order valence-corrected chi connectivity index (χ1v) is 11.7. The second kappa shape index (κ2) is 6.26. The maximum absolute atomic E-state index is 2.72. The topological polar surface area (TPSA) is 3.24 Å². The van der Waals surface area contributed by atoms with E-state index >= 15 is 0 Å². The van der Waals surface area contributed by atoms with Crippen molar-refractivity contribution in [1.29, 1.82) is 0 Å². The Bertz CT molecular complexity index is 802. The van der Waals surface area contributed by atoms with Crippen molar-refractivity contribution in [3.05, 3.63) is 70.6 Å². The molecule has 0 spiro atoms. The van der Waals surface area contributed by atoms with Crippen LogP contribution in [0.15, 0.2) is 59.5 Å². The molecular formula is C24H31NSi. The first kappa shape index (κ1) is 17.9. The fraction of sp³-hybridized carbons (Fsp3) is 0.500. The average molecular weight is 362 g/mol. The van der Waals surface area contributed by atoms with E-state index in [1.807, 2.05) is 0 Å². The summed E-state index contributed by atoms with van der Waals surface area (Å²) in [5.41, 5.74) is 4.95. The fourth-order valence-electron chi connectivity index (χ4n) is 5.62. The van der Waals surface area contributed by atoms with Gasteiger partial charge >= 0.3 is 0 Å². The van der Waals surface area contributed by atoms with Gasteiger partial charge in [-0.15, -0.1) is 0 Å². The molecule has 3 aliphatic rings. The minimum atomic E-state index is 0.130. The van der Waals surface area contributed by atoms with E-state index in [4.69, 9.17) is 0 Å². The lowest BCUT2D eigenvalue weighted by molar-refractivity contribution is 0.0429. The van der Waals surface area contributed by atoms with Gasteiger partial charge in [0.15, 0.2) is 0 Å². The van der Waals surface area contributed by atoms with Gasteiger partial charge in [0.2, 0.25) is 0 Å². The quantitative estimate of drug-likeness (QED) is 0.460. The van der Waals surface area contributed by atoms with Gasteiger partial charge in [-0.25, -0.2) is 0 Å². The van der Waals surface area contributed by atoms with Gasteiger partial charge in [0.25, 0.3) is 0 Å². The van der Waals surface area contributed by atoms with E-state index in [0.717, 1.165) is 22.4 Å². The molecule has 2 aliphatic heterocycles. The summed E-state index contributed by atoms with van der Waals surface area (Å²) in [6.45, 7) is 11.7. The van der Waals surface area contributed by atoms with Crippen molar-refractivity contribution in [2.75, 3.05) is 0 Å². The molecule has 0 fully saturated rings. The van der Waals surface area contributed by atoms with E-state index in [2.05, 4.69) is 87.8 Å². The van der Waals surface area contributed by atoms with Gasteiger partial charge in [0, 0.05) is 5.41 Å². The maximum Gasteiger partial charge on any atom is 0.0797 e. The third kappa shape index (κ3) is 2.14. The van der Waals surface area contributed by atoms with Crippen LogP contribution in [0.2, 0.25) is 6.55 Å². The zero-order chi connectivity index (χ0) is 18.5. The summed E-state index contributed by atoms with van der Waals surface area (Å²) < 4.78 is 0. The summed E-state index contributed by atoms with van der Waals surface area (Å²) in [5, 5.41) is 1.56. The molecule has 1 aromatic carbocycles. The Kier molecular flexibility index (Phi) is 4.30. The molecule has 0 aromatic heterocycles. The van der Waals surface area contributed by atoms with Gasteiger partial charge in [-0.1, -0.05) is 76.7 Å². The zero-order valence-electron chi connectivity index (χ0n) is 16.8. The van der Waals surface area contributed by atoms with Crippen LogP contribution in [0, 0.1) is 5.92 Å². The van der Waals surface area contributed by atoms with Gasteiger partial charge in [-0.2, -0.15) is 0 Å². The Morgan fingerprint density at radius 3 is 2.46 bits per heavy atom. The van der Waals surface area contributed by atoms with Crippen LogP contribution in [0.25, 0.3) is 0 Å². The van der Waals surface area contributed by atoms with E-state index in [1.165, 1.54) is 12.0 Å². The smallest absolute Gasteiger partial charge is 0.0797 e. The molecule has 136 valence electrons. The molecular weight excluding hydrogens is 330 g/mol. The van der Waals surface area contributed by atoms with E-state index in [-0.39, 0.29) is 11.0 Å². The zero-order valence-corrected chi connectivity index (χ0v) is 17.8. The fourth-order valence-corrected chi connectivity index (χ4v) is 6.39. The summed E-state index contributed by atoms with van der Waals surface area (Å²) >= 11 is 0. The normalized spacial score (nSPS) is 31.6. The highest BCUT2D eigenvalue weighted by atomic mass is 28.2. The second-order valence-electron chi connectivity index (χ2n) is 8.46. The molecule has 2 heteroatoms. The molecule has 3 unspecified atom stereocenters. The Hall–Kier alpha value is -1.54. The molecule has 3 atom stereocenters. The summed E-state index contributed by atoms with van der Waals surface area (Å²) in [6, 6.07) is 9.59. The van der Waals surface area contributed by atoms with E-state index in [1.54, 1.807) is 16.3 Å². The lowest BCUT2D eigenvalue weighted by Crippen LogP contribution is -2.67. The third-order valence-corrected chi connectivity index (χ3v) is 7.89. The average Bonchev–Trinajstić information content (AvgIpc) is 2.62. The predicted molar refractivity (Wildman–Crippen MR) is 112 cm³/mol. The first-order valence-electron chi connectivity index (χ1n) is 10.2. The van der Waals surface area contributed by atoms with Crippen LogP contribution >= 0.6 is 0 Å². The van der Waals surface area contributed by atoms with Crippen LogP contribution in [-0.4, -0.2) is 20.0 Å². The molecule has 0 saturated heterocycles. The molecule has 4 rings (SSSR count). The van der Waals surface area contributed by atoms with Crippen molar-refractivity contribution < 1.29 is 0 Å². The van der Waals surface area contributed by atoms with E-state index in [9.17, 15) is 0 Å². The molecule has 2 heterocycles. The van der Waals surface area contributed by atoms with Gasteiger partial charge in [0.05, 0.1) is 21.1 Å². The highest BCUT2D eigenvalue weighted by molar-refractivity contribution is 6.45. The van der Waals surface area contributed by atoms with Crippen molar-refractivity contribution in [3.63, 3.8) is 0 Å². The molecule has 0 amide bonds. The maximum atomic E-state index is 2.72. The monoisotopic (exact) mass is 361 g/mol. The molecule has 0 saturated carbocycles. The van der Waals surface area contributed by atoms with Gasteiger partial charge < -0.3 is 4.90 Å². The van der Waals surface area contributed by atoms with Crippen LogP contribution in [0.4, 0.5) is 0 Å². The number of hydrogen-bond acceptors (Lipinski definition) is 1. The number of rotatable bonds is 5. The minimum Gasteiger partial charge on any atom is -0.357 e. The molecule has 2 radical (unpaired) electrons. The van der Waals surface area contributed by atoms with Crippen LogP contribution in [-0.2, 0) is 5.41 Å². The highest BCUT2D eigenvalue weighted by Gasteiger charge is 2.61. The Labute approximate surface area is 161 Å². The lowest BCUT2D eigenvalue weighted by Gasteiger charge is -2.65. The van der Waals surface area contributed by atoms with Gasteiger partial charge in [-0.05, 0) is 53.3 Å².